The lowest BCUT2D eigenvalue weighted by Crippen LogP contribution is -2.48. The molecule has 0 spiro atoms. The number of thioether (sulfide) groups is 1. The number of aromatic nitrogens is 1. The van der Waals surface area contributed by atoms with Crippen molar-refractivity contribution in [2.45, 2.75) is 24.8 Å². The van der Waals surface area contributed by atoms with E-state index >= 15 is 0 Å². The Morgan fingerprint density at radius 1 is 1.20 bits per heavy atom. The summed E-state index contributed by atoms with van der Waals surface area (Å²) in [5.74, 6) is 0.226. The molecule has 1 fully saturated rings. The van der Waals surface area contributed by atoms with Crippen molar-refractivity contribution in [3.8, 4) is 0 Å². The van der Waals surface area contributed by atoms with Crippen molar-refractivity contribution in [2.24, 2.45) is 0 Å². The number of nitrogens with zero attached hydrogens (tertiary/aromatic N) is 2. The normalized spacial score (nSPS) is 18.4. The van der Waals surface area contributed by atoms with Crippen LogP contribution in [0.5, 0.6) is 0 Å². The van der Waals surface area contributed by atoms with Gasteiger partial charge in [0.1, 0.15) is 11.4 Å². The van der Waals surface area contributed by atoms with Crippen LogP contribution in [0.2, 0.25) is 0 Å². The molecule has 154 valence electrons. The third kappa shape index (κ3) is 4.41. The Kier molecular flexibility index (Phi) is 6.18. The lowest BCUT2D eigenvalue weighted by molar-refractivity contribution is -0.124. The lowest BCUT2D eigenvalue weighted by Gasteiger charge is -2.28. The maximum Gasteiger partial charge on any atom is 0.255 e. The molecular weight excluding hydrogens is 398 g/mol. The van der Waals surface area contributed by atoms with E-state index in [9.17, 15) is 9.59 Å². The summed E-state index contributed by atoms with van der Waals surface area (Å²) in [5.41, 5.74) is 3.45. The van der Waals surface area contributed by atoms with Crippen LogP contribution in [0.15, 0.2) is 71.7 Å². The standard InChI is InChI=1S/C23H23N3O3S/c1-16-5-7-17(8-6-16)22(28)26-20(15-30-23(26)18-10-13-29-14-18)21(27)25-12-9-19-4-2-3-11-24-19/h2-8,10-11,13-14,20,23H,9,12,15H2,1H3,(H,25,27). The van der Waals surface area contributed by atoms with Gasteiger partial charge in [0.25, 0.3) is 5.91 Å². The van der Waals surface area contributed by atoms with Crippen LogP contribution in [0.1, 0.15) is 32.6 Å². The SMILES string of the molecule is Cc1ccc(C(=O)N2C(C(=O)NCCc3ccccn3)CSC2c2ccoc2)cc1. The first kappa shape index (κ1) is 20.2. The monoisotopic (exact) mass is 421 g/mol. The van der Waals surface area contributed by atoms with Gasteiger partial charge in [-0.15, -0.1) is 11.8 Å². The highest BCUT2D eigenvalue weighted by molar-refractivity contribution is 7.99. The Labute approximate surface area is 179 Å². The number of carbonyl (C=O) groups is 2. The fraction of sp³-hybridized carbons (Fsp3) is 0.261. The number of carbonyl (C=O) groups excluding carboxylic acids is 2. The zero-order valence-electron chi connectivity index (χ0n) is 16.7. The van der Waals surface area contributed by atoms with Gasteiger partial charge in [-0.3, -0.25) is 14.6 Å². The Hall–Kier alpha value is -3.06. The molecule has 0 bridgehead atoms. The molecule has 1 N–H and O–H groups in total. The molecule has 4 rings (SSSR count). The first-order chi connectivity index (χ1) is 14.6. The molecule has 0 saturated carbocycles. The molecule has 1 aliphatic heterocycles. The van der Waals surface area contributed by atoms with Crippen molar-refractivity contribution in [2.75, 3.05) is 12.3 Å². The molecule has 2 aromatic heterocycles. The number of nitrogens with one attached hydrogen (secondary N) is 1. The smallest absolute Gasteiger partial charge is 0.255 e. The number of aryl methyl sites for hydroxylation is 1. The van der Waals surface area contributed by atoms with Crippen LogP contribution < -0.4 is 5.32 Å². The molecule has 0 radical (unpaired) electrons. The van der Waals surface area contributed by atoms with E-state index in [4.69, 9.17) is 4.42 Å². The van der Waals surface area contributed by atoms with Crippen molar-refractivity contribution in [1.82, 2.24) is 15.2 Å². The number of rotatable bonds is 6. The van der Waals surface area contributed by atoms with E-state index in [0.717, 1.165) is 16.8 Å². The molecule has 30 heavy (non-hydrogen) atoms. The summed E-state index contributed by atoms with van der Waals surface area (Å²) in [6.07, 6.45) is 5.60. The van der Waals surface area contributed by atoms with Gasteiger partial charge in [0.15, 0.2) is 0 Å². The van der Waals surface area contributed by atoms with E-state index < -0.39 is 6.04 Å². The van der Waals surface area contributed by atoms with Crippen LogP contribution in [0.4, 0.5) is 0 Å². The third-order valence-corrected chi connectivity index (χ3v) is 6.39. The lowest BCUT2D eigenvalue weighted by atomic mass is 10.1. The highest BCUT2D eigenvalue weighted by Crippen LogP contribution is 2.42. The topological polar surface area (TPSA) is 75.4 Å². The summed E-state index contributed by atoms with van der Waals surface area (Å²) in [6, 6.07) is 14.4. The highest BCUT2D eigenvalue weighted by Gasteiger charge is 2.42. The number of pyridine rings is 1. The van der Waals surface area contributed by atoms with Gasteiger partial charge in [-0.1, -0.05) is 23.8 Å². The second kappa shape index (κ2) is 9.17. The molecule has 2 atom stereocenters. The second-order valence-corrected chi connectivity index (χ2v) is 8.31. The van der Waals surface area contributed by atoms with E-state index in [2.05, 4.69) is 10.3 Å². The Balaban J connectivity index is 1.50. The van der Waals surface area contributed by atoms with Crippen molar-refractivity contribution in [3.63, 3.8) is 0 Å². The molecule has 1 aliphatic rings. The van der Waals surface area contributed by atoms with Gasteiger partial charge in [-0.2, -0.15) is 0 Å². The maximum atomic E-state index is 13.4. The van der Waals surface area contributed by atoms with Crippen molar-refractivity contribution in [3.05, 3.63) is 89.6 Å². The Morgan fingerprint density at radius 2 is 2.03 bits per heavy atom. The summed E-state index contributed by atoms with van der Waals surface area (Å²) in [7, 11) is 0. The van der Waals surface area contributed by atoms with E-state index in [1.54, 1.807) is 35.4 Å². The average Bonchev–Trinajstić information content (AvgIpc) is 3.44. The van der Waals surface area contributed by atoms with E-state index in [0.29, 0.717) is 24.3 Å². The van der Waals surface area contributed by atoms with E-state index in [1.165, 1.54) is 0 Å². The molecule has 7 heteroatoms. The van der Waals surface area contributed by atoms with Crippen LogP contribution in [0.3, 0.4) is 0 Å². The van der Waals surface area contributed by atoms with Gasteiger partial charge >= 0.3 is 0 Å². The van der Waals surface area contributed by atoms with E-state index in [-0.39, 0.29) is 17.2 Å². The number of benzene rings is 1. The molecule has 1 aromatic carbocycles. The predicted octanol–water partition coefficient (Wildman–Crippen LogP) is 3.60. The van der Waals surface area contributed by atoms with Crippen LogP contribution in [0, 0.1) is 6.92 Å². The fourth-order valence-corrected chi connectivity index (χ4v) is 4.86. The number of hydrogen-bond donors (Lipinski definition) is 1. The van der Waals surface area contributed by atoms with Crippen LogP contribution in [-0.4, -0.2) is 40.0 Å². The minimum absolute atomic E-state index is 0.148. The Morgan fingerprint density at radius 3 is 2.73 bits per heavy atom. The summed E-state index contributed by atoms with van der Waals surface area (Å²) in [5, 5.41) is 2.71. The van der Waals surface area contributed by atoms with Crippen molar-refractivity contribution >= 4 is 23.6 Å². The molecular formula is C23H23N3O3S. The van der Waals surface area contributed by atoms with E-state index in [1.807, 2.05) is 55.5 Å². The summed E-state index contributed by atoms with van der Waals surface area (Å²) >= 11 is 1.57. The molecule has 0 aliphatic carbocycles. The van der Waals surface area contributed by atoms with Crippen LogP contribution >= 0.6 is 11.8 Å². The average molecular weight is 422 g/mol. The van der Waals surface area contributed by atoms with Crippen molar-refractivity contribution in [1.29, 1.82) is 0 Å². The second-order valence-electron chi connectivity index (χ2n) is 7.20. The minimum Gasteiger partial charge on any atom is -0.472 e. The quantitative estimate of drug-likeness (QED) is 0.658. The zero-order valence-corrected chi connectivity index (χ0v) is 17.5. The van der Waals surface area contributed by atoms with Crippen LogP contribution in [-0.2, 0) is 11.2 Å². The van der Waals surface area contributed by atoms with Gasteiger partial charge in [-0.05, 0) is 37.3 Å². The fourth-order valence-electron chi connectivity index (χ4n) is 3.45. The van der Waals surface area contributed by atoms with Gasteiger partial charge < -0.3 is 14.6 Å². The number of amides is 2. The molecule has 3 heterocycles. The molecule has 2 amide bonds. The summed E-state index contributed by atoms with van der Waals surface area (Å²) < 4.78 is 5.23. The predicted molar refractivity (Wildman–Crippen MR) is 116 cm³/mol. The minimum atomic E-state index is -0.549. The highest BCUT2D eigenvalue weighted by atomic mass is 32.2. The maximum absolute atomic E-state index is 13.4. The molecule has 1 saturated heterocycles. The van der Waals surface area contributed by atoms with Gasteiger partial charge in [0, 0.05) is 41.7 Å². The molecule has 6 nitrogen and oxygen atoms in total. The van der Waals surface area contributed by atoms with Crippen molar-refractivity contribution < 1.29 is 14.0 Å². The van der Waals surface area contributed by atoms with Gasteiger partial charge in [0.2, 0.25) is 5.91 Å². The largest absolute Gasteiger partial charge is 0.472 e. The zero-order chi connectivity index (χ0) is 20.9. The molecule has 3 aromatic rings. The molecule has 2 unspecified atom stereocenters. The number of hydrogen-bond acceptors (Lipinski definition) is 5. The summed E-state index contributed by atoms with van der Waals surface area (Å²) in [6.45, 7) is 2.45. The first-order valence-corrected chi connectivity index (χ1v) is 10.9. The van der Waals surface area contributed by atoms with Gasteiger partial charge in [-0.25, -0.2) is 0 Å². The van der Waals surface area contributed by atoms with Gasteiger partial charge in [0.05, 0.1) is 12.5 Å². The van der Waals surface area contributed by atoms with Crippen LogP contribution in [0.25, 0.3) is 0 Å². The first-order valence-electron chi connectivity index (χ1n) is 9.84. The third-order valence-electron chi connectivity index (χ3n) is 5.07. The number of furan rings is 1. The Bertz CT molecular complexity index is 990. The summed E-state index contributed by atoms with van der Waals surface area (Å²) in [4.78, 5) is 32.3.